The molecule has 1 spiro atoms. The maximum atomic E-state index is 14.1. The predicted molar refractivity (Wildman–Crippen MR) is 141 cm³/mol. The van der Waals surface area contributed by atoms with Crippen molar-refractivity contribution in [3.05, 3.63) is 88.5 Å². The van der Waals surface area contributed by atoms with Gasteiger partial charge in [0.05, 0.1) is 11.4 Å². The van der Waals surface area contributed by atoms with E-state index >= 15 is 0 Å². The lowest BCUT2D eigenvalue weighted by atomic mass is 10.0. The molecule has 3 aromatic carbocycles. The second-order valence-corrected chi connectivity index (χ2v) is 10.5. The summed E-state index contributed by atoms with van der Waals surface area (Å²) in [7, 11) is 0. The summed E-state index contributed by atoms with van der Waals surface area (Å²) in [6.45, 7) is 7.72. The van der Waals surface area contributed by atoms with E-state index in [2.05, 4.69) is 5.32 Å². The van der Waals surface area contributed by atoms with Gasteiger partial charge in [-0.05, 0) is 74.2 Å². The van der Waals surface area contributed by atoms with E-state index in [9.17, 15) is 14.4 Å². The second kappa shape index (κ2) is 8.57. The molecule has 2 aliphatic heterocycles. The van der Waals surface area contributed by atoms with Crippen molar-refractivity contribution in [2.45, 2.75) is 32.6 Å². The van der Waals surface area contributed by atoms with Gasteiger partial charge in [-0.15, -0.1) is 11.8 Å². The minimum absolute atomic E-state index is 0.121. The summed E-state index contributed by atoms with van der Waals surface area (Å²) in [4.78, 5) is 42.3. The summed E-state index contributed by atoms with van der Waals surface area (Å²) in [6, 6.07) is 19.2. The molecule has 7 heteroatoms. The maximum Gasteiger partial charge on any atom is 0.269 e. The number of carbonyl (C=O) groups is 3. The van der Waals surface area contributed by atoms with Crippen LogP contribution in [0.5, 0.6) is 0 Å². The van der Waals surface area contributed by atoms with Crippen molar-refractivity contribution in [1.29, 1.82) is 0 Å². The number of benzene rings is 3. The summed E-state index contributed by atoms with van der Waals surface area (Å²) < 4.78 is 0. The normalized spacial score (nSPS) is 19.0. The van der Waals surface area contributed by atoms with Gasteiger partial charge in [0.25, 0.3) is 5.91 Å². The summed E-state index contributed by atoms with van der Waals surface area (Å²) in [5.74, 6) is -0.490. The molecule has 178 valence electrons. The van der Waals surface area contributed by atoms with Crippen molar-refractivity contribution in [3.8, 4) is 0 Å². The van der Waals surface area contributed by atoms with E-state index in [-0.39, 0.29) is 30.0 Å². The molecule has 1 N–H and O–H groups in total. The minimum atomic E-state index is -1.23. The highest BCUT2D eigenvalue weighted by Crippen LogP contribution is 2.55. The number of fused-ring (bicyclic) bond motifs is 2. The number of rotatable bonds is 4. The molecule has 3 amide bonds. The van der Waals surface area contributed by atoms with Crippen LogP contribution in [-0.4, -0.2) is 30.0 Å². The molecule has 2 heterocycles. The zero-order valence-electron chi connectivity index (χ0n) is 20.2. The fourth-order valence-corrected chi connectivity index (χ4v) is 6.36. The van der Waals surface area contributed by atoms with E-state index in [1.165, 1.54) is 16.7 Å². The number of anilines is 3. The number of para-hydroxylation sites is 1. The van der Waals surface area contributed by atoms with Crippen molar-refractivity contribution in [2.75, 3.05) is 27.4 Å². The molecule has 35 heavy (non-hydrogen) atoms. The van der Waals surface area contributed by atoms with Crippen LogP contribution < -0.4 is 15.1 Å². The topological polar surface area (TPSA) is 69.7 Å². The highest BCUT2D eigenvalue weighted by atomic mass is 32.2. The molecule has 1 saturated heterocycles. The lowest BCUT2D eigenvalue weighted by Crippen LogP contribution is -2.51. The van der Waals surface area contributed by atoms with Crippen molar-refractivity contribution in [1.82, 2.24) is 0 Å². The van der Waals surface area contributed by atoms with Crippen LogP contribution in [0.15, 0.2) is 60.7 Å². The summed E-state index contributed by atoms with van der Waals surface area (Å²) >= 11 is 1.32. The average Bonchev–Trinajstić information content (AvgIpc) is 3.27. The highest BCUT2D eigenvalue weighted by molar-refractivity contribution is 8.02. The van der Waals surface area contributed by atoms with Gasteiger partial charge in [-0.3, -0.25) is 24.2 Å². The number of hydrogen-bond donors (Lipinski definition) is 1. The third-order valence-electron chi connectivity index (χ3n) is 6.50. The van der Waals surface area contributed by atoms with Crippen LogP contribution in [0, 0.1) is 27.7 Å². The summed E-state index contributed by atoms with van der Waals surface area (Å²) in [5, 5.41) is 2.95. The SMILES string of the molecule is Cc1cc(C)cc(N2C(=O)CSC23C(=O)N(CC(=O)Nc2cc(C)ccc2C)c2ccccc23)c1. The first-order valence-electron chi connectivity index (χ1n) is 11.5. The van der Waals surface area contributed by atoms with Crippen LogP contribution in [0.3, 0.4) is 0 Å². The summed E-state index contributed by atoms with van der Waals surface area (Å²) in [6.07, 6.45) is 0. The Bertz CT molecular complexity index is 1370. The monoisotopic (exact) mass is 485 g/mol. The van der Waals surface area contributed by atoms with Gasteiger partial charge in [0.15, 0.2) is 0 Å². The van der Waals surface area contributed by atoms with Gasteiger partial charge in [-0.2, -0.15) is 0 Å². The Morgan fingerprint density at radius 1 is 0.943 bits per heavy atom. The van der Waals surface area contributed by atoms with Crippen LogP contribution in [0.2, 0.25) is 0 Å². The maximum absolute atomic E-state index is 14.1. The molecule has 0 aromatic heterocycles. The van der Waals surface area contributed by atoms with Crippen molar-refractivity contribution in [2.24, 2.45) is 0 Å². The summed E-state index contributed by atoms with van der Waals surface area (Å²) in [5.41, 5.74) is 6.84. The molecular weight excluding hydrogens is 458 g/mol. The van der Waals surface area contributed by atoms with E-state index in [1.807, 2.05) is 88.4 Å². The Morgan fingerprint density at radius 3 is 2.40 bits per heavy atom. The number of carbonyl (C=O) groups excluding carboxylic acids is 3. The third kappa shape index (κ3) is 3.80. The van der Waals surface area contributed by atoms with Crippen LogP contribution in [-0.2, 0) is 19.3 Å². The molecule has 0 radical (unpaired) electrons. The lowest BCUT2D eigenvalue weighted by molar-refractivity contribution is -0.124. The molecule has 0 saturated carbocycles. The first kappa shape index (κ1) is 23.2. The first-order valence-corrected chi connectivity index (χ1v) is 12.5. The number of nitrogens with zero attached hydrogens (tertiary/aromatic N) is 2. The van der Waals surface area contributed by atoms with E-state index < -0.39 is 4.87 Å². The zero-order chi connectivity index (χ0) is 24.9. The quantitative estimate of drug-likeness (QED) is 0.574. The lowest BCUT2D eigenvalue weighted by Gasteiger charge is -2.33. The molecule has 0 aliphatic carbocycles. The van der Waals surface area contributed by atoms with E-state index in [0.717, 1.165) is 33.5 Å². The smallest absolute Gasteiger partial charge is 0.269 e. The van der Waals surface area contributed by atoms with E-state index in [0.29, 0.717) is 11.4 Å². The van der Waals surface area contributed by atoms with Gasteiger partial charge in [-0.1, -0.05) is 36.4 Å². The molecule has 6 nitrogen and oxygen atoms in total. The van der Waals surface area contributed by atoms with Gasteiger partial charge in [0, 0.05) is 16.9 Å². The molecule has 5 rings (SSSR count). The first-order chi connectivity index (χ1) is 16.7. The number of aryl methyl sites for hydroxylation is 4. The molecule has 1 fully saturated rings. The van der Waals surface area contributed by atoms with Crippen molar-refractivity contribution in [3.63, 3.8) is 0 Å². The van der Waals surface area contributed by atoms with E-state index in [4.69, 9.17) is 0 Å². The standard InChI is InChI=1S/C28H27N3O3S/c1-17-9-10-20(4)23(14-17)29-25(32)15-30-24-8-6-5-7-22(24)28(27(30)34)31(26(33)16-35-28)21-12-18(2)11-19(3)13-21/h5-14H,15-16H2,1-4H3,(H,29,32). The average molecular weight is 486 g/mol. The van der Waals surface area contributed by atoms with Gasteiger partial charge in [-0.25, -0.2) is 0 Å². The predicted octanol–water partition coefficient (Wildman–Crippen LogP) is 4.84. The fraction of sp³-hybridized carbons (Fsp3) is 0.250. The number of amides is 3. The second-order valence-electron chi connectivity index (χ2n) is 9.28. The zero-order valence-corrected chi connectivity index (χ0v) is 21.0. The van der Waals surface area contributed by atoms with Crippen molar-refractivity contribution < 1.29 is 14.4 Å². The highest BCUT2D eigenvalue weighted by Gasteiger charge is 2.61. The molecular formula is C28H27N3O3S. The van der Waals surface area contributed by atoms with Gasteiger partial charge < -0.3 is 5.32 Å². The van der Waals surface area contributed by atoms with Crippen molar-refractivity contribution >= 4 is 46.5 Å². The number of hydrogen-bond acceptors (Lipinski definition) is 4. The Labute approximate surface area is 209 Å². The minimum Gasteiger partial charge on any atom is -0.324 e. The molecule has 2 aliphatic rings. The Hall–Kier alpha value is -3.58. The van der Waals surface area contributed by atoms with E-state index in [1.54, 1.807) is 4.90 Å². The molecule has 1 atom stereocenters. The number of thioether (sulfide) groups is 1. The molecule has 3 aromatic rings. The van der Waals surface area contributed by atoms with Crippen LogP contribution in [0.1, 0.15) is 27.8 Å². The Morgan fingerprint density at radius 2 is 1.66 bits per heavy atom. The third-order valence-corrected chi connectivity index (χ3v) is 7.88. The number of nitrogens with one attached hydrogen (secondary N) is 1. The van der Waals surface area contributed by atoms with Crippen LogP contribution >= 0.6 is 11.8 Å². The Kier molecular flexibility index (Phi) is 5.68. The van der Waals surface area contributed by atoms with Crippen LogP contribution in [0.25, 0.3) is 0 Å². The largest absolute Gasteiger partial charge is 0.324 e. The fourth-order valence-electron chi connectivity index (χ4n) is 5.00. The van der Waals surface area contributed by atoms with Gasteiger partial charge in [0.2, 0.25) is 16.7 Å². The van der Waals surface area contributed by atoms with Gasteiger partial charge >= 0.3 is 0 Å². The van der Waals surface area contributed by atoms with Gasteiger partial charge in [0.1, 0.15) is 6.54 Å². The molecule has 1 unspecified atom stereocenters. The van der Waals surface area contributed by atoms with Crippen LogP contribution in [0.4, 0.5) is 17.1 Å². The Balaban J connectivity index is 1.53. The molecule has 0 bridgehead atoms.